The summed E-state index contributed by atoms with van der Waals surface area (Å²) in [4.78, 5) is 25.6. The third-order valence-corrected chi connectivity index (χ3v) is 3.48. The average Bonchev–Trinajstić information content (AvgIpc) is 2.87. The van der Waals surface area contributed by atoms with Crippen molar-refractivity contribution in [1.82, 2.24) is 15.5 Å². The molecule has 0 aromatic heterocycles. The van der Waals surface area contributed by atoms with Crippen LogP contribution in [-0.2, 0) is 9.59 Å². The van der Waals surface area contributed by atoms with Crippen molar-refractivity contribution in [3.05, 3.63) is 0 Å². The summed E-state index contributed by atoms with van der Waals surface area (Å²) >= 11 is 0. The zero-order valence-electron chi connectivity index (χ0n) is 11.9. The van der Waals surface area contributed by atoms with Crippen LogP contribution in [0.2, 0.25) is 0 Å². The molecule has 18 heavy (non-hydrogen) atoms. The van der Waals surface area contributed by atoms with Gasteiger partial charge in [-0.3, -0.25) is 9.59 Å². The highest BCUT2D eigenvalue weighted by molar-refractivity contribution is 5.83. The van der Waals surface area contributed by atoms with Gasteiger partial charge in [-0.05, 0) is 33.6 Å². The lowest BCUT2D eigenvalue weighted by atomic mass is 9.92. The highest BCUT2D eigenvalue weighted by Gasteiger charge is 2.29. The van der Waals surface area contributed by atoms with E-state index in [0.29, 0.717) is 6.54 Å². The molecule has 2 N–H and O–H groups in total. The lowest BCUT2D eigenvalue weighted by Gasteiger charge is -2.27. The molecule has 5 heteroatoms. The van der Waals surface area contributed by atoms with Crippen molar-refractivity contribution < 1.29 is 9.59 Å². The molecule has 1 unspecified atom stereocenters. The first-order valence-electron chi connectivity index (χ1n) is 6.63. The van der Waals surface area contributed by atoms with Crippen LogP contribution in [0.3, 0.4) is 0 Å². The molecule has 1 fully saturated rings. The summed E-state index contributed by atoms with van der Waals surface area (Å²) in [6, 6.07) is -0.230. The SMILES string of the molecule is CNC(=O)C(C)(C)CNC(C)C(=O)N1CCCC1. The summed E-state index contributed by atoms with van der Waals surface area (Å²) in [7, 11) is 1.63. The number of nitrogens with one attached hydrogen (secondary N) is 2. The molecule has 0 saturated carbocycles. The van der Waals surface area contributed by atoms with Crippen LogP contribution in [-0.4, -0.2) is 49.4 Å². The summed E-state index contributed by atoms with van der Waals surface area (Å²) in [6.45, 7) is 7.82. The number of rotatable bonds is 5. The second-order valence-electron chi connectivity index (χ2n) is 5.60. The standard InChI is InChI=1S/C13H25N3O2/c1-10(11(17)16-7-5-6-8-16)15-9-13(2,3)12(18)14-4/h10,15H,5-9H2,1-4H3,(H,14,18). The van der Waals surface area contributed by atoms with E-state index in [1.54, 1.807) is 7.05 Å². The van der Waals surface area contributed by atoms with Crippen molar-refractivity contribution in [2.24, 2.45) is 5.41 Å². The average molecular weight is 255 g/mol. The predicted molar refractivity (Wildman–Crippen MR) is 71.1 cm³/mol. The molecule has 0 radical (unpaired) electrons. The highest BCUT2D eigenvalue weighted by Crippen LogP contribution is 2.14. The van der Waals surface area contributed by atoms with E-state index in [0.717, 1.165) is 25.9 Å². The minimum atomic E-state index is -0.506. The Balaban J connectivity index is 2.42. The fourth-order valence-corrected chi connectivity index (χ4v) is 2.13. The number of nitrogens with zero attached hydrogens (tertiary/aromatic N) is 1. The van der Waals surface area contributed by atoms with Crippen molar-refractivity contribution in [3.63, 3.8) is 0 Å². The monoisotopic (exact) mass is 255 g/mol. The van der Waals surface area contributed by atoms with Gasteiger partial charge in [-0.15, -0.1) is 0 Å². The Morgan fingerprint density at radius 1 is 1.28 bits per heavy atom. The van der Waals surface area contributed by atoms with E-state index in [4.69, 9.17) is 0 Å². The van der Waals surface area contributed by atoms with Gasteiger partial charge in [0.05, 0.1) is 11.5 Å². The van der Waals surface area contributed by atoms with Crippen molar-refractivity contribution in [3.8, 4) is 0 Å². The lowest BCUT2D eigenvalue weighted by molar-refractivity contribution is -0.133. The molecule has 0 aromatic carbocycles. The summed E-state index contributed by atoms with van der Waals surface area (Å²) in [5.41, 5.74) is -0.506. The van der Waals surface area contributed by atoms with Crippen LogP contribution in [0, 0.1) is 5.41 Å². The molecule has 0 bridgehead atoms. The number of likely N-dealkylation sites (tertiary alicyclic amines) is 1. The van der Waals surface area contributed by atoms with Crippen molar-refractivity contribution >= 4 is 11.8 Å². The first kappa shape index (κ1) is 15.0. The molecule has 1 aliphatic heterocycles. The molecule has 1 atom stereocenters. The zero-order valence-corrected chi connectivity index (χ0v) is 11.9. The summed E-state index contributed by atoms with van der Waals surface area (Å²) < 4.78 is 0. The number of carbonyl (C=O) groups is 2. The van der Waals surface area contributed by atoms with Crippen LogP contribution in [0.4, 0.5) is 0 Å². The Hall–Kier alpha value is -1.10. The number of carbonyl (C=O) groups excluding carboxylic acids is 2. The molecular weight excluding hydrogens is 230 g/mol. The maximum Gasteiger partial charge on any atom is 0.239 e. The van der Waals surface area contributed by atoms with Gasteiger partial charge in [0.25, 0.3) is 0 Å². The summed E-state index contributed by atoms with van der Waals surface area (Å²) in [5.74, 6) is 0.121. The van der Waals surface area contributed by atoms with E-state index in [-0.39, 0.29) is 17.9 Å². The maximum atomic E-state index is 12.1. The van der Waals surface area contributed by atoms with Crippen molar-refractivity contribution in [1.29, 1.82) is 0 Å². The second-order valence-corrected chi connectivity index (χ2v) is 5.60. The Kier molecular flexibility index (Phi) is 5.14. The summed E-state index contributed by atoms with van der Waals surface area (Å²) in [5, 5.41) is 5.80. The smallest absolute Gasteiger partial charge is 0.239 e. The quantitative estimate of drug-likeness (QED) is 0.745. The van der Waals surface area contributed by atoms with Gasteiger partial charge in [0, 0.05) is 26.7 Å². The molecule has 0 aliphatic carbocycles. The molecular formula is C13H25N3O2. The van der Waals surface area contributed by atoms with Crippen molar-refractivity contribution in [2.45, 2.75) is 39.7 Å². The molecule has 104 valence electrons. The Bertz CT molecular complexity index is 309. The van der Waals surface area contributed by atoms with Gasteiger partial charge < -0.3 is 15.5 Å². The number of amides is 2. The predicted octanol–water partition coefficient (Wildman–Crippen LogP) is 0.359. The van der Waals surface area contributed by atoms with Crippen LogP contribution in [0.1, 0.15) is 33.6 Å². The maximum absolute atomic E-state index is 12.1. The summed E-state index contributed by atoms with van der Waals surface area (Å²) in [6.07, 6.45) is 2.20. The van der Waals surface area contributed by atoms with Gasteiger partial charge in [-0.2, -0.15) is 0 Å². The molecule has 2 amide bonds. The second kappa shape index (κ2) is 6.18. The molecule has 0 spiro atoms. The van der Waals surface area contributed by atoms with Gasteiger partial charge in [-0.1, -0.05) is 0 Å². The highest BCUT2D eigenvalue weighted by atomic mass is 16.2. The van der Waals surface area contributed by atoms with Crippen LogP contribution in [0.15, 0.2) is 0 Å². The van der Waals surface area contributed by atoms with Crippen molar-refractivity contribution in [2.75, 3.05) is 26.7 Å². The molecule has 1 heterocycles. The zero-order chi connectivity index (χ0) is 13.8. The number of hydrogen-bond donors (Lipinski definition) is 2. The molecule has 1 aliphatic rings. The number of hydrogen-bond acceptors (Lipinski definition) is 3. The minimum Gasteiger partial charge on any atom is -0.359 e. The van der Waals surface area contributed by atoms with Gasteiger partial charge >= 0.3 is 0 Å². The normalized spacial score (nSPS) is 17.7. The Labute approximate surface area is 109 Å². The van der Waals surface area contributed by atoms with E-state index in [1.807, 2.05) is 25.7 Å². The van der Waals surface area contributed by atoms with Gasteiger partial charge in [0.1, 0.15) is 0 Å². The third kappa shape index (κ3) is 3.70. The molecule has 1 rings (SSSR count). The van der Waals surface area contributed by atoms with Gasteiger partial charge in [-0.25, -0.2) is 0 Å². The largest absolute Gasteiger partial charge is 0.359 e. The Morgan fingerprint density at radius 2 is 1.83 bits per heavy atom. The van der Waals surface area contributed by atoms with E-state index < -0.39 is 5.41 Å². The minimum absolute atomic E-state index is 0.0178. The molecule has 1 saturated heterocycles. The van der Waals surface area contributed by atoms with Crippen LogP contribution < -0.4 is 10.6 Å². The van der Waals surface area contributed by atoms with Crippen LogP contribution in [0.25, 0.3) is 0 Å². The van der Waals surface area contributed by atoms with E-state index in [9.17, 15) is 9.59 Å². The fraction of sp³-hybridized carbons (Fsp3) is 0.846. The van der Waals surface area contributed by atoms with Crippen LogP contribution >= 0.6 is 0 Å². The van der Waals surface area contributed by atoms with E-state index in [2.05, 4.69) is 10.6 Å². The van der Waals surface area contributed by atoms with E-state index >= 15 is 0 Å². The Morgan fingerprint density at radius 3 is 2.33 bits per heavy atom. The van der Waals surface area contributed by atoms with Crippen LogP contribution in [0.5, 0.6) is 0 Å². The van der Waals surface area contributed by atoms with Gasteiger partial charge in [0.15, 0.2) is 0 Å². The lowest BCUT2D eigenvalue weighted by Crippen LogP contribution is -2.49. The topological polar surface area (TPSA) is 61.4 Å². The first-order valence-corrected chi connectivity index (χ1v) is 6.63. The molecule has 5 nitrogen and oxygen atoms in total. The fourth-order valence-electron chi connectivity index (χ4n) is 2.13. The third-order valence-electron chi connectivity index (χ3n) is 3.48. The van der Waals surface area contributed by atoms with E-state index in [1.165, 1.54) is 0 Å². The van der Waals surface area contributed by atoms with Gasteiger partial charge in [0.2, 0.25) is 11.8 Å². The molecule has 0 aromatic rings. The first-order chi connectivity index (χ1) is 8.38.